The molecule has 126 valence electrons. The Morgan fingerprint density at radius 2 is 1.96 bits per heavy atom. The number of hydrogen-bond acceptors (Lipinski definition) is 7. The molecule has 0 unspecified atom stereocenters. The van der Waals surface area contributed by atoms with Crippen molar-refractivity contribution in [2.45, 2.75) is 0 Å². The highest BCUT2D eigenvalue weighted by Crippen LogP contribution is 2.24. The molecule has 0 spiro atoms. The van der Waals surface area contributed by atoms with Gasteiger partial charge in [0, 0.05) is 16.7 Å². The highest BCUT2D eigenvalue weighted by molar-refractivity contribution is 6.30. The molecule has 2 aromatic rings. The van der Waals surface area contributed by atoms with Crippen LogP contribution >= 0.6 is 11.6 Å². The Labute approximate surface area is 141 Å². The largest absolute Gasteiger partial charge is 0.468 e. The summed E-state index contributed by atoms with van der Waals surface area (Å²) in [6.07, 6.45) is 0. The van der Waals surface area contributed by atoms with Gasteiger partial charge in [0.25, 0.3) is 5.91 Å². The first kappa shape index (κ1) is 17.5. The van der Waals surface area contributed by atoms with Crippen molar-refractivity contribution in [1.82, 2.24) is 5.32 Å². The minimum atomic E-state index is -0.985. The minimum absolute atomic E-state index is 0.123. The van der Waals surface area contributed by atoms with Gasteiger partial charge in [0.15, 0.2) is 5.56 Å². The van der Waals surface area contributed by atoms with E-state index in [1.54, 1.807) is 29.7 Å². The number of rotatable bonds is 5. The third kappa shape index (κ3) is 3.92. The van der Waals surface area contributed by atoms with Crippen LogP contribution in [0.25, 0.3) is 11.3 Å². The smallest absolute Gasteiger partial charge is 0.351 e. The van der Waals surface area contributed by atoms with E-state index in [2.05, 4.69) is 10.1 Å². The average molecular weight is 353 g/mol. The summed E-state index contributed by atoms with van der Waals surface area (Å²) in [5, 5.41) is 11.9. The van der Waals surface area contributed by atoms with Crippen LogP contribution in [-0.4, -0.2) is 30.7 Å². The van der Waals surface area contributed by atoms with E-state index in [1.807, 2.05) is 0 Å². The van der Waals surface area contributed by atoms with Crippen molar-refractivity contribution in [2.24, 2.45) is 0 Å². The van der Waals surface area contributed by atoms with E-state index in [4.69, 9.17) is 16.0 Å². The number of anilines is 1. The summed E-state index contributed by atoms with van der Waals surface area (Å²) >= 11 is 5.79. The summed E-state index contributed by atoms with van der Waals surface area (Å²) in [6, 6.07) is 7.69. The zero-order valence-corrected chi connectivity index (χ0v) is 13.2. The predicted molar refractivity (Wildman–Crippen MR) is 85.2 cm³/mol. The number of esters is 1. The molecule has 0 aliphatic rings. The van der Waals surface area contributed by atoms with E-state index >= 15 is 0 Å². The number of carbonyl (C=O) groups excluding carboxylic acids is 2. The zero-order chi connectivity index (χ0) is 17.7. The molecule has 1 aromatic carbocycles. The Morgan fingerprint density at radius 3 is 2.54 bits per heavy atom. The highest BCUT2D eigenvalue weighted by atomic mass is 35.5. The van der Waals surface area contributed by atoms with E-state index in [1.165, 1.54) is 6.07 Å². The SMILES string of the molecule is COC(=O)CNC(=O)c1c(NO)cc(-c2ccc(Cl)cc2)oc1=O. The predicted octanol–water partition coefficient (Wildman–Crippen LogP) is 1.66. The summed E-state index contributed by atoms with van der Waals surface area (Å²) in [5.74, 6) is -1.46. The fourth-order valence-electron chi connectivity index (χ4n) is 1.87. The molecule has 0 aliphatic heterocycles. The average Bonchev–Trinajstić information content (AvgIpc) is 2.59. The molecule has 0 saturated carbocycles. The summed E-state index contributed by atoms with van der Waals surface area (Å²) < 4.78 is 9.48. The molecule has 9 heteroatoms. The van der Waals surface area contributed by atoms with Crippen LogP contribution in [-0.2, 0) is 9.53 Å². The quantitative estimate of drug-likeness (QED) is 0.553. The van der Waals surface area contributed by atoms with Crippen LogP contribution < -0.4 is 16.4 Å². The van der Waals surface area contributed by atoms with Gasteiger partial charge in [-0.2, -0.15) is 0 Å². The minimum Gasteiger partial charge on any atom is -0.468 e. The van der Waals surface area contributed by atoms with E-state index in [0.717, 1.165) is 7.11 Å². The number of ether oxygens (including phenoxy) is 1. The van der Waals surface area contributed by atoms with Crippen LogP contribution in [0, 0.1) is 0 Å². The summed E-state index contributed by atoms with van der Waals surface area (Å²) in [7, 11) is 1.16. The Bertz CT molecular complexity index is 816. The first-order valence-electron chi connectivity index (χ1n) is 6.65. The number of methoxy groups -OCH3 is 1. The van der Waals surface area contributed by atoms with Crippen molar-refractivity contribution < 1.29 is 24.0 Å². The number of carbonyl (C=O) groups is 2. The van der Waals surface area contributed by atoms with E-state index in [9.17, 15) is 19.6 Å². The summed E-state index contributed by atoms with van der Waals surface area (Å²) in [6.45, 7) is -0.432. The first-order chi connectivity index (χ1) is 11.5. The maximum Gasteiger partial charge on any atom is 0.351 e. The maximum absolute atomic E-state index is 12.1. The van der Waals surface area contributed by atoms with Crippen LogP contribution in [0.3, 0.4) is 0 Å². The zero-order valence-electron chi connectivity index (χ0n) is 12.5. The van der Waals surface area contributed by atoms with Gasteiger partial charge < -0.3 is 14.5 Å². The lowest BCUT2D eigenvalue weighted by atomic mass is 10.1. The van der Waals surface area contributed by atoms with Gasteiger partial charge in [-0.1, -0.05) is 11.6 Å². The van der Waals surface area contributed by atoms with Crippen molar-refractivity contribution in [3.63, 3.8) is 0 Å². The molecule has 0 saturated heterocycles. The van der Waals surface area contributed by atoms with Gasteiger partial charge in [-0.25, -0.2) is 4.79 Å². The van der Waals surface area contributed by atoms with Crippen molar-refractivity contribution in [3.05, 3.63) is 51.3 Å². The van der Waals surface area contributed by atoms with Gasteiger partial charge in [-0.3, -0.25) is 20.3 Å². The van der Waals surface area contributed by atoms with Gasteiger partial charge in [-0.05, 0) is 24.3 Å². The third-order valence-electron chi connectivity index (χ3n) is 3.05. The van der Waals surface area contributed by atoms with Crippen molar-refractivity contribution in [3.8, 4) is 11.3 Å². The molecule has 0 atom stereocenters. The molecule has 0 bridgehead atoms. The summed E-state index contributed by atoms with van der Waals surface area (Å²) in [4.78, 5) is 35.1. The molecule has 1 amide bonds. The molecular weight excluding hydrogens is 340 g/mol. The monoisotopic (exact) mass is 352 g/mol. The van der Waals surface area contributed by atoms with Gasteiger partial charge in [0.1, 0.15) is 12.3 Å². The van der Waals surface area contributed by atoms with E-state index in [0.29, 0.717) is 10.6 Å². The Kier molecular flexibility index (Phi) is 5.56. The van der Waals surface area contributed by atoms with Crippen LogP contribution in [0.15, 0.2) is 39.5 Å². The number of hydrogen-bond donors (Lipinski definition) is 3. The molecule has 0 radical (unpaired) electrons. The molecule has 3 N–H and O–H groups in total. The molecule has 1 heterocycles. The van der Waals surface area contributed by atoms with Gasteiger partial charge in [-0.15, -0.1) is 0 Å². The lowest BCUT2D eigenvalue weighted by molar-refractivity contribution is -0.139. The van der Waals surface area contributed by atoms with Crippen molar-refractivity contribution in [2.75, 3.05) is 19.1 Å². The maximum atomic E-state index is 12.1. The number of benzene rings is 1. The Hall–Kier alpha value is -2.84. The molecular formula is C15H13ClN2O6. The molecule has 1 aromatic heterocycles. The molecule has 8 nitrogen and oxygen atoms in total. The van der Waals surface area contributed by atoms with Gasteiger partial charge >= 0.3 is 11.6 Å². The van der Waals surface area contributed by atoms with Crippen LogP contribution in [0.4, 0.5) is 5.69 Å². The lowest BCUT2D eigenvalue weighted by Crippen LogP contribution is -2.33. The second kappa shape index (κ2) is 7.62. The Morgan fingerprint density at radius 1 is 1.29 bits per heavy atom. The second-order valence-corrected chi connectivity index (χ2v) is 5.00. The topological polar surface area (TPSA) is 118 Å². The van der Waals surface area contributed by atoms with E-state index in [-0.39, 0.29) is 11.4 Å². The molecule has 2 rings (SSSR count). The number of amides is 1. The fourth-order valence-corrected chi connectivity index (χ4v) is 1.99. The van der Waals surface area contributed by atoms with Crippen LogP contribution in [0.2, 0.25) is 5.02 Å². The molecule has 24 heavy (non-hydrogen) atoms. The van der Waals surface area contributed by atoms with Crippen molar-refractivity contribution >= 4 is 29.2 Å². The standard InChI is InChI=1S/C15H13ClN2O6/c1-23-12(19)7-17-14(20)13-10(18-22)6-11(24-15(13)21)8-2-4-9(16)5-3-8/h2-6,18,22H,7H2,1H3,(H,17,20). The van der Waals surface area contributed by atoms with Gasteiger partial charge in [0.05, 0.1) is 12.8 Å². The van der Waals surface area contributed by atoms with Crippen LogP contribution in [0.5, 0.6) is 0 Å². The lowest BCUT2D eigenvalue weighted by Gasteiger charge is -2.09. The third-order valence-corrected chi connectivity index (χ3v) is 3.30. The van der Waals surface area contributed by atoms with E-state index < -0.39 is 29.6 Å². The Balaban J connectivity index is 2.37. The number of nitrogens with one attached hydrogen (secondary N) is 2. The fraction of sp³-hybridized carbons (Fsp3) is 0.133. The molecule has 0 fully saturated rings. The first-order valence-corrected chi connectivity index (χ1v) is 7.03. The summed E-state index contributed by atoms with van der Waals surface area (Å²) in [5.41, 5.74) is 0.674. The van der Waals surface area contributed by atoms with Crippen LogP contribution in [0.1, 0.15) is 10.4 Å². The number of halogens is 1. The molecule has 0 aliphatic carbocycles. The normalized spacial score (nSPS) is 10.1. The van der Waals surface area contributed by atoms with Gasteiger partial charge in [0.2, 0.25) is 0 Å². The second-order valence-electron chi connectivity index (χ2n) is 4.56. The van der Waals surface area contributed by atoms with Crippen molar-refractivity contribution in [1.29, 1.82) is 0 Å². The highest BCUT2D eigenvalue weighted by Gasteiger charge is 2.20.